The average Bonchev–Trinajstić information content (AvgIpc) is 2.71. The van der Waals surface area contributed by atoms with E-state index in [0.717, 1.165) is 40.2 Å². The van der Waals surface area contributed by atoms with Crippen LogP contribution in [0.4, 0.5) is 0 Å². The zero-order valence-electron chi connectivity index (χ0n) is 17.7. The predicted octanol–water partition coefficient (Wildman–Crippen LogP) is 6.62. The fourth-order valence-electron chi connectivity index (χ4n) is 3.78. The number of halogens is 1. The lowest BCUT2D eigenvalue weighted by atomic mass is 9.74. The first-order valence-electron chi connectivity index (χ1n) is 10.2. The zero-order chi connectivity index (χ0) is 21.4. The lowest BCUT2D eigenvalue weighted by Crippen LogP contribution is -2.26. The summed E-state index contributed by atoms with van der Waals surface area (Å²) in [5.74, 6) is 0.515. The van der Waals surface area contributed by atoms with Crippen molar-refractivity contribution in [1.29, 1.82) is 0 Å². The summed E-state index contributed by atoms with van der Waals surface area (Å²) in [4.78, 5) is 1.55. The van der Waals surface area contributed by atoms with Crippen molar-refractivity contribution >= 4 is 22.4 Å². The SMILES string of the molecule is C=CC[C@H](O)[C@@H](CC(C)(C)CCCCl)c1ccccc1S(=O)c1ccc(C)cc1. The Bertz CT molecular complexity index is 814. The molecule has 0 aliphatic carbocycles. The lowest BCUT2D eigenvalue weighted by Gasteiger charge is -2.33. The number of benzene rings is 2. The number of aryl methyl sites for hydroxylation is 1. The molecule has 0 spiro atoms. The van der Waals surface area contributed by atoms with Gasteiger partial charge in [-0.15, -0.1) is 18.2 Å². The molecule has 0 aliphatic heterocycles. The summed E-state index contributed by atoms with van der Waals surface area (Å²) >= 11 is 5.92. The molecule has 158 valence electrons. The van der Waals surface area contributed by atoms with E-state index in [9.17, 15) is 9.32 Å². The molecule has 2 nitrogen and oxygen atoms in total. The van der Waals surface area contributed by atoms with Gasteiger partial charge in [-0.05, 0) is 61.8 Å². The van der Waals surface area contributed by atoms with Crippen LogP contribution in [0, 0.1) is 12.3 Å². The summed E-state index contributed by atoms with van der Waals surface area (Å²) in [6, 6.07) is 15.6. The van der Waals surface area contributed by atoms with Crippen LogP contribution in [0.1, 0.15) is 56.6 Å². The maximum absolute atomic E-state index is 13.4. The third-order valence-electron chi connectivity index (χ3n) is 5.39. The van der Waals surface area contributed by atoms with Crippen LogP contribution < -0.4 is 0 Å². The minimum atomic E-state index is -1.30. The lowest BCUT2D eigenvalue weighted by molar-refractivity contribution is 0.115. The highest BCUT2D eigenvalue weighted by molar-refractivity contribution is 7.85. The van der Waals surface area contributed by atoms with Crippen LogP contribution in [-0.4, -0.2) is 21.3 Å². The van der Waals surface area contributed by atoms with Gasteiger partial charge < -0.3 is 5.11 Å². The first-order valence-corrected chi connectivity index (χ1v) is 11.9. The van der Waals surface area contributed by atoms with Gasteiger partial charge in [0.2, 0.25) is 0 Å². The van der Waals surface area contributed by atoms with Crippen LogP contribution in [0.3, 0.4) is 0 Å². The first-order chi connectivity index (χ1) is 13.8. The van der Waals surface area contributed by atoms with Crippen molar-refractivity contribution in [2.24, 2.45) is 5.41 Å². The molecule has 0 radical (unpaired) electrons. The highest BCUT2D eigenvalue weighted by Crippen LogP contribution is 2.40. The largest absolute Gasteiger partial charge is 0.392 e. The Balaban J connectivity index is 2.44. The van der Waals surface area contributed by atoms with E-state index in [-0.39, 0.29) is 11.3 Å². The molecule has 2 rings (SSSR count). The van der Waals surface area contributed by atoms with Gasteiger partial charge in [-0.25, -0.2) is 4.21 Å². The topological polar surface area (TPSA) is 37.3 Å². The Morgan fingerprint density at radius 2 is 1.83 bits per heavy atom. The second-order valence-electron chi connectivity index (χ2n) is 8.48. The molecule has 2 aromatic rings. The summed E-state index contributed by atoms with van der Waals surface area (Å²) in [6.45, 7) is 10.2. The number of hydrogen-bond donors (Lipinski definition) is 1. The molecule has 1 unspecified atom stereocenters. The predicted molar refractivity (Wildman–Crippen MR) is 124 cm³/mol. The molecule has 0 saturated carbocycles. The van der Waals surface area contributed by atoms with Crippen molar-refractivity contribution in [3.63, 3.8) is 0 Å². The van der Waals surface area contributed by atoms with Crippen LogP contribution >= 0.6 is 11.6 Å². The molecule has 2 aromatic carbocycles. The number of hydrogen-bond acceptors (Lipinski definition) is 2. The quantitative estimate of drug-likeness (QED) is 0.320. The van der Waals surface area contributed by atoms with E-state index in [1.54, 1.807) is 6.08 Å². The maximum atomic E-state index is 13.4. The molecule has 0 fully saturated rings. The molecule has 1 N–H and O–H groups in total. The minimum absolute atomic E-state index is 0.0141. The van der Waals surface area contributed by atoms with Crippen LogP contribution in [0.15, 0.2) is 71.0 Å². The van der Waals surface area contributed by atoms with Gasteiger partial charge in [-0.1, -0.05) is 55.8 Å². The zero-order valence-corrected chi connectivity index (χ0v) is 19.3. The Morgan fingerprint density at radius 1 is 1.17 bits per heavy atom. The van der Waals surface area contributed by atoms with E-state index in [0.29, 0.717) is 12.3 Å². The fraction of sp³-hybridized carbons (Fsp3) is 0.440. The van der Waals surface area contributed by atoms with Gasteiger partial charge in [0, 0.05) is 21.6 Å². The number of aliphatic hydroxyl groups is 1. The second-order valence-corrected chi connectivity index (χ2v) is 10.3. The molecular formula is C25H33ClO2S. The van der Waals surface area contributed by atoms with E-state index >= 15 is 0 Å². The molecule has 0 saturated heterocycles. The van der Waals surface area contributed by atoms with Gasteiger partial charge in [-0.3, -0.25) is 0 Å². The molecule has 0 amide bonds. The van der Waals surface area contributed by atoms with Crippen LogP contribution in [0.2, 0.25) is 0 Å². The highest BCUT2D eigenvalue weighted by atomic mass is 35.5. The van der Waals surface area contributed by atoms with Crippen LogP contribution in [-0.2, 0) is 10.8 Å². The summed E-state index contributed by atoms with van der Waals surface area (Å²) in [7, 11) is -1.30. The normalized spacial score (nSPS) is 14.9. The third kappa shape index (κ3) is 6.80. The van der Waals surface area contributed by atoms with E-state index in [1.807, 2.05) is 55.5 Å². The molecule has 0 aromatic heterocycles. The van der Waals surface area contributed by atoms with Gasteiger partial charge in [0.05, 0.1) is 16.9 Å². The Morgan fingerprint density at radius 3 is 2.45 bits per heavy atom. The summed E-state index contributed by atoms with van der Waals surface area (Å²) in [5, 5.41) is 11.0. The molecule has 4 heteroatoms. The third-order valence-corrected chi connectivity index (χ3v) is 7.12. The summed E-state index contributed by atoms with van der Waals surface area (Å²) in [6.07, 6.45) is 4.40. The van der Waals surface area contributed by atoms with Crippen molar-refractivity contribution in [2.75, 3.05) is 5.88 Å². The molecule has 0 bridgehead atoms. The molecule has 29 heavy (non-hydrogen) atoms. The summed E-state index contributed by atoms with van der Waals surface area (Å²) in [5.41, 5.74) is 2.11. The maximum Gasteiger partial charge on any atom is 0.0852 e. The van der Waals surface area contributed by atoms with E-state index < -0.39 is 16.9 Å². The second kappa shape index (κ2) is 11.1. The van der Waals surface area contributed by atoms with E-state index in [4.69, 9.17) is 11.6 Å². The molecular weight excluding hydrogens is 400 g/mol. The van der Waals surface area contributed by atoms with Gasteiger partial charge in [-0.2, -0.15) is 0 Å². The first kappa shape index (κ1) is 23.9. The smallest absolute Gasteiger partial charge is 0.0852 e. The van der Waals surface area contributed by atoms with Crippen molar-refractivity contribution in [3.05, 3.63) is 72.3 Å². The van der Waals surface area contributed by atoms with Crippen molar-refractivity contribution in [3.8, 4) is 0 Å². The summed E-state index contributed by atoms with van der Waals surface area (Å²) < 4.78 is 13.4. The highest BCUT2D eigenvalue weighted by Gasteiger charge is 2.31. The van der Waals surface area contributed by atoms with Crippen LogP contribution in [0.5, 0.6) is 0 Å². The Kier molecular flexibility index (Phi) is 9.13. The number of rotatable bonds is 11. The van der Waals surface area contributed by atoms with Crippen molar-refractivity contribution < 1.29 is 9.32 Å². The Hall–Kier alpha value is -1.42. The molecule has 0 aliphatic rings. The monoisotopic (exact) mass is 432 g/mol. The van der Waals surface area contributed by atoms with Crippen LogP contribution in [0.25, 0.3) is 0 Å². The number of alkyl halides is 1. The van der Waals surface area contributed by atoms with Gasteiger partial charge in [0.1, 0.15) is 0 Å². The molecule has 3 atom stereocenters. The van der Waals surface area contributed by atoms with E-state index in [1.165, 1.54) is 0 Å². The Labute approximate surface area is 183 Å². The minimum Gasteiger partial charge on any atom is -0.392 e. The fourth-order valence-corrected chi connectivity index (χ4v) is 5.18. The molecule has 0 heterocycles. The standard InChI is InChI=1S/C25H33ClO2S/c1-5-9-23(27)22(18-25(3,4)16-8-17-26)21-10-6-7-11-24(21)29(28)20-14-12-19(2)13-15-20/h5-7,10-15,22-23,27H,1,8-9,16-18H2,2-4H3/t22-,23-,29?/m0/s1. The number of aliphatic hydroxyl groups excluding tert-OH is 1. The van der Waals surface area contributed by atoms with Gasteiger partial charge >= 0.3 is 0 Å². The van der Waals surface area contributed by atoms with Gasteiger partial charge in [0.15, 0.2) is 0 Å². The van der Waals surface area contributed by atoms with Crippen molar-refractivity contribution in [1.82, 2.24) is 0 Å². The van der Waals surface area contributed by atoms with Crippen molar-refractivity contribution in [2.45, 2.75) is 68.3 Å². The van der Waals surface area contributed by atoms with Gasteiger partial charge in [0.25, 0.3) is 0 Å². The van der Waals surface area contributed by atoms with E-state index in [2.05, 4.69) is 20.4 Å². The average molecular weight is 433 g/mol.